The number of benzene rings is 1. The van der Waals surface area contributed by atoms with Gasteiger partial charge in [-0.3, -0.25) is 4.79 Å². The second kappa shape index (κ2) is 5.50. The van der Waals surface area contributed by atoms with Gasteiger partial charge >= 0.3 is 0 Å². The zero-order valence-electron chi connectivity index (χ0n) is 11.0. The minimum absolute atomic E-state index is 0.0797. The number of carbonyl (C=O) groups excluding carboxylic acids is 1. The number of rotatable bonds is 4. The molecule has 1 atom stereocenters. The van der Waals surface area contributed by atoms with Crippen LogP contribution in [0.3, 0.4) is 0 Å². The van der Waals surface area contributed by atoms with E-state index in [-0.39, 0.29) is 11.3 Å². The number of methoxy groups -OCH3 is 1. The highest BCUT2D eigenvalue weighted by Crippen LogP contribution is 2.27. The van der Waals surface area contributed by atoms with Crippen molar-refractivity contribution in [2.24, 2.45) is 5.41 Å². The molecule has 98 valence electrons. The van der Waals surface area contributed by atoms with Gasteiger partial charge in [-0.05, 0) is 26.0 Å². The van der Waals surface area contributed by atoms with E-state index in [1.807, 2.05) is 31.2 Å². The Balaban J connectivity index is 2.11. The van der Waals surface area contributed by atoms with Crippen LogP contribution < -0.4 is 10.6 Å². The monoisotopic (exact) mass is 248 g/mol. The van der Waals surface area contributed by atoms with Gasteiger partial charge in [0.2, 0.25) is 5.91 Å². The molecule has 0 aliphatic carbocycles. The van der Waals surface area contributed by atoms with E-state index in [9.17, 15) is 4.79 Å². The van der Waals surface area contributed by atoms with Gasteiger partial charge in [-0.15, -0.1) is 0 Å². The molecule has 2 N–H and O–H groups in total. The lowest BCUT2D eigenvalue weighted by atomic mass is 9.88. The first-order chi connectivity index (χ1) is 8.65. The minimum Gasteiger partial charge on any atom is -0.380 e. The lowest BCUT2D eigenvalue weighted by molar-refractivity contribution is -0.123. The van der Waals surface area contributed by atoms with E-state index in [1.165, 1.54) is 0 Å². The number of ether oxygens (including phenoxy) is 1. The van der Waals surface area contributed by atoms with Crippen molar-refractivity contribution in [1.29, 1.82) is 0 Å². The average molecular weight is 248 g/mol. The summed E-state index contributed by atoms with van der Waals surface area (Å²) in [5.74, 6) is 0.0797. The van der Waals surface area contributed by atoms with Crippen molar-refractivity contribution in [3.8, 4) is 0 Å². The topological polar surface area (TPSA) is 50.4 Å². The Morgan fingerprint density at radius 1 is 1.50 bits per heavy atom. The summed E-state index contributed by atoms with van der Waals surface area (Å²) in [5.41, 5.74) is 1.54. The van der Waals surface area contributed by atoms with Crippen molar-refractivity contribution in [2.75, 3.05) is 25.5 Å². The lowest BCUT2D eigenvalue weighted by Crippen LogP contribution is -2.35. The molecule has 1 aliphatic heterocycles. The van der Waals surface area contributed by atoms with Crippen LogP contribution >= 0.6 is 0 Å². The van der Waals surface area contributed by atoms with E-state index in [0.717, 1.165) is 30.8 Å². The van der Waals surface area contributed by atoms with Crippen LogP contribution in [-0.2, 0) is 16.1 Å². The molecule has 1 aromatic rings. The molecule has 1 fully saturated rings. The summed E-state index contributed by atoms with van der Waals surface area (Å²) < 4.78 is 5.14. The van der Waals surface area contributed by atoms with E-state index in [2.05, 4.69) is 10.6 Å². The second-order valence-corrected chi connectivity index (χ2v) is 5.03. The highest BCUT2D eigenvalue weighted by Gasteiger charge is 2.36. The van der Waals surface area contributed by atoms with Crippen LogP contribution in [0, 0.1) is 5.41 Å². The number of nitrogens with one attached hydrogen (secondary N) is 2. The molecule has 0 bridgehead atoms. The van der Waals surface area contributed by atoms with Gasteiger partial charge in [-0.2, -0.15) is 0 Å². The molecule has 4 heteroatoms. The zero-order chi connectivity index (χ0) is 13.0. The van der Waals surface area contributed by atoms with Gasteiger partial charge in [-0.25, -0.2) is 0 Å². The second-order valence-electron chi connectivity index (χ2n) is 5.03. The van der Waals surface area contributed by atoms with Crippen LogP contribution in [0.4, 0.5) is 5.69 Å². The fourth-order valence-corrected chi connectivity index (χ4v) is 2.21. The predicted molar refractivity (Wildman–Crippen MR) is 71.4 cm³/mol. The van der Waals surface area contributed by atoms with Crippen LogP contribution in [0.25, 0.3) is 0 Å². The summed E-state index contributed by atoms with van der Waals surface area (Å²) in [6.07, 6.45) is 0.880. The fraction of sp³-hybridized carbons (Fsp3) is 0.500. The Morgan fingerprint density at radius 3 is 2.94 bits per heavy atom. The van der Waals surface area contributed by atoms with Crippen LogP contribution in [0.2, 0.25) is 0 Å². The number of hydrogen-bond acceptors (Lipinski definition) is 3. The Labute approximate surface area is 108 Å². The normalized spacial score (nSPS) is 23.0. The molecule has 1 heterocycles. The predicted octanol–water partition coefficient (Wildman–Crippen LogP) is 1.77. The first-order valence-electron chi connectivity index (χ1n) is 6.25. The van der Waals surface area contributed by atoms with Crippen molar-refractivity contribution < 1.29 is 9.53 Å². The molecule has 1 aliphatic rings. The summed E-state index contributed by atoms with van der Waals surface area (Å²) in [7, 11) is 1.65. The number of carbonyl (C=O) groups is 1. The summed E-state index contributed by atoms with van der Waals surface area (Å²) in [4.78, 5) is 12.3. The molecular formula is C14H20N2O2. The third kappa shape index (κ3) is 2.71. The summed E-state index contributed by atoms with van der Waals surface area (Å²) in [6, 6.07) is 7.75. The first kappa shape index (κ1) is 13.1. The Hall–Kier alpha value is -1.39. The molecule has 2 rings (SSSR count). The Bertz CT molecular complexity index is 426. The molecule has 1 unspecified atom stereocenters. The quantitative estimate of drug-likeness (QED) is 0.854. The largest absolute Gasteiger partial charge is 0.380 e. The molecule has 18 heavy (non-hydrogen) atoms. The molecule has 0 spiro atoms. The molecule has 1 saturated heterocycles. The smallest absolute Gasteiger partial charge is 0.231 e. The maximum absolute atomic E-state index is 12.3. The van der Waals surface area contributed by atoms with Crippen molar-refractivity contribution in [2.45, 2.75) is 20.0 Å². The van der Waals surface area contributed by atoms with Gasteiger partial charge < -0.3 is 15.4 Å². The first-order valence-corrected chi connectivity index (χ1v) is 6.25. The molecule has 0 aromatic heterocycles. The maximum atomic E-state index is 12.3. The Morgan fingerprint density at radius 2 is 2.28 bits per heavy atom. The van der Waals surface area contributed by atoms with E-state index in [1.54, 1.807) is 7.11 Å². The van der Waals surface area contributed by atoms with Gasteiger partial charge in [0.1, 0.15) is 0 Å². The molecule has 0 radical (unpaired) electrons. The van der Waals surface area contributed by atoms with Crippen molar-refractivity contribution in [1.82, 2.24) is 5.32 Å². The summed E-state index contributed by atoms with van der Waals surface area (Å²) >= 11 is 0. The van der Waals surface area contributed by atoms with Crippen LogP contribution in [0.15, 0.2) is 24.3 Å². The maximum Gasteiger partial charge on any atom is 0.231 e. The number of para-hydroxylation sites is 1. The molecule has 0 saturated carbocycles. The zero-order valence-corrected chi connectivity index (χ0v) is 11.0. The van der Waals surface area contributed by atoms with Crippen LogP contribution in [0.5, 0.6) is 0 Å². The van der Waals surface area contributed by atoms with Crippen molar-refractivity contribution >= 4 is 11.6 Å². The lowest BCUT2D eigenvalue weighted by Gasteiger charge is -2.22. The van der Waals surface area contributed by atoms with Gasteiger partial charge in [-0.1, -0.05) is 18.2 Å². The highest BCUT2D eigenvalue weighted by molar-refractivity contribution is 5.96. The van der Waals surface area contributed by atoms with Crippen molar-refractivity contribution in [3.63, 3.8) is 0 Å². The average Bonchev–Trinajstić information content (AvgIpc) is 2.80. The fourth-order valence-electron chi connectivity index (χ4n) is 2.21. The molecule has 1 aromatic carbocycles. The van der Waals surface area contributed by atoms with E-state index in [4.69, 9.17) is 4.74 Å². The molecule has 1 amide bonds. The van der Waals surface area contributed by atoms with Gasteiger partial charge in [0.15, 0.2) is 0 Å². The SMILES string of the molecule is COCc1ccccc1NC(=O)C1(C)CCNC1. The van der Waals surface area contributed by atoms with E-state index in [0.29, 0.717) is 6.61 Å². The number of anilines is 1. The van der Waals surface area contributed by atoms with Gasteiger partial charge in [0.05, 0.1) is 12.0 Å². The third-order valence-corrected chi connectivity index (χ3v) is 3.48. The Kier molecular flexibility index (Phi) is 3.99. The van der Waals surface area contributed by atoms with Crippen LogP contribution in [0.1, 0.15) is 18.9 Å². The number of amides is 1. The van der Waals surface area contributed by atoms with Crippen LogP contribution in [-0.4, -0.2) is 26.1 Å². The van der Waals surface area contributed by atoms with E-state index >= 15 is 0 Å². The standard InChI is InChI=1S/C14H20N2O2/c1-14(7-8-15-10-14)13(17)16-12-6-4-3-5-11(12)9-18-2/h3-6,15H,7-10H2,1-2H3,(H,16,17). The highest BCUT2D eigenvalue weighted by atomic mass is 16.5. The van der Waals surface area contributed by atoms with Gasteiger partial charge in [0, 0.05) is 24.9 Å². The summed E-state index contributed by atoms with van der Waals surface area (Å²) in [5, 5.41) is 6.25. The number of hydrogen-bond donors (Lipinski definition) is 2. The summed E-state index contributed by atoms with van der Waals surface area (Å²) in [6.45, 7) is 4.15. The van der Waals surface area contributed by atoms with Crippen molar-refractivity contribution in [3.05, 3.63) is 29.8 Å². The van der Waals surface area contributed by atoms with E-state index < -0.39 is 0 Å². The minimum atomic E-state index is -0.305. The van der Waals surface area contributed by atoms with Gasteiger partial charge in [0.25, 0.3) is 0 Å². The molecular weight excluding hydrogens is 228 g/mol. The molecule has 4 nitrogen and oxygen atoms in total. The third-order valence-electron chi connectivity index (χ3n) is 3.48.